The van der Waals surface area contributed by atoms with Crippen molar-refractivity contribution in [2.75, 3.05) is 6.54 Å². The number of rotatable bonds is 5. The second-order valence-electron chi connectivity index (χ2n) is 7.72. The van der Waals surface area contributed by atoms with E-state index in [0.29, 0.717) is 0 Å². The fourth-order valence-corrected chi connectivity index (χ4v) is 4.24. The number of nitrogens with zero attached hydrogens (tertiary/aromatic N) is 4. The van der Waals surface area contributed by atoms with Crippen LogP contribution >= 0.6 is 0 Å². The van der Waals surface area contributed by atoms with Crippen LogP contribution in [0.3, 0.4) is 0 Å². The zero-order valence-corrected chi connectivity index (χ0v) is 16.8. The number of benzene rings is 1. The van der Waals surface area contributed by atoms with E-state index in [1.165, 1.54) is 12.0 Å². The van der Waals surface area contributed by atoms with E-state index in [2.05, 4.69) is 34.0 Å². The molecular formula is C23H28N4O. The van der Waals surface area contributed by atoms with Crippen molar-refractivity contribution in [3.63, 3.8) is 0 Å². The van der Waals surface area contributed by atoms with Crippen molar-refractivity contribution in [3.8, 4) is 0 Å². The fraction of sp³-hybridized carbons (Fsp3) is 0.435. The van der Waals surface area contributed by atoms with Crippen molar-refractivity contribution in [2.24, 2.45) is 0 Å². The van der Waals surface area contributed by atoms with Gasteiger partial charge in [-0.05, 0) is 68.9 Å². The quantitative estimate of drug-likeness (QED) is 0.664. The highest BCUT2D eigenvalue weighted by Gasteiger charge is 2.28. The zero-order chi connectivity index (χ0) is 19.5. The summed E-state index contributed by atoms with van der Waals surface area (Å²) in [7, 11) is 0. The van der Waals surface area contributed by atoms with Crippen LogP contribution in [0.15, 0.2) is 42.7 Å². The molecule has 1 saturated heterocycles. The Morgan fingerprint density at radius 2 is 2.14 bits per heavy atom. The van der Waals surface area contributed by atoms with Crippen LogP contribution in [0, 0.1) is 6.92 Å². The predicted octanol–water partition coefficient (Wildman–Crippen LogP) is 4.39. The number of carbonyl (C=O) groups is 1. The van der Waals surface area contributed by atoms with Gasteiger partial charge in [-0.3, -0.25) is 14.5 Å². The first kappa shape index (κ1) is 18.7. The van der Waals surface area contributed by atoms with Crippen molar-refractivity contribution in [2.45, 2.75) is 58.5 Å². The summed E-state index contributed by atoms with van der Waals surface area (Å²) in [6, 6.07) is 10.5. The first-order valence-corrected chi connectivity index (χ1v) is 10.3. The molecule has 1 amide bonds. The molecule has 0 bridgehead atoms. The lowest BCUT2D eigenvalue weighted by Gasteiger charge is -2.36. The number of hydrogen-bond donors (Lipinski definition) is 0. The second-order valence-corrected chi connectivity index (χ2v) is 7.72. The van der Waals surface area contributed by atoms with E-state index in [0.717, 1.165) is 60.9 Å². The number of fused-ring (bicyclic) bond motifs is 1. The molecule has 2 aromatic heterocycles. The van der Waals surface area contributed by atoms with Gasteiger partial charge in [0.15, 0.2) is 0 Å². The van der Waals surface area contributed by atoms with Crippen LogP contribution in [0.1, 0.15) is 54.2 Å². The normalized spacial score (nSPS) is 17.2. The Bertz CT molecular complexity index is 964. The molecule has 0 N–H and O–H groups in total. The highest BCUT2D eigenvalue weighted by Crippen LogP contribution is 2.27. The maximum atomic E-state index is 13.6. The van der Waals surface area contributed by atoms with E-state index in [4.69, 9.17) is 0 Å². The summed E-state index contributed by atoms with van der Waals surface area (Å²) in [6.45, 7) is 5.78. The minimum atomic E-state index is 0.147. The van der Waals surface area contributed by atoms with Gasteiger partial charge in [0, 0.05) is 42.6 Å². The van der Waals surface area contributed by atoms with Gasteiger partial charge in [0.25, 0.3) is 5.91 Å². The molecule has 1 aromatic carbocycles. The third-order valence-corrected chi connectivity index (χ3v) is 5.78. The number of hydrogen-bond acceptors (Lipinski definition) is 3. The van der Waals surface area contributed by atoms with Gasteiger partial charge < -0.3 is 4.90 Å². The Kier molecular flexibility index (Phi) is 5.42. The third kappa shape index (κ3) is 3.79. The first-order chi connectivity index (χ1) is 13.7. The lowest BCUT2D eigenvalue weighted by Crippen LogP contribution is -2.44. The zero-order valence-electron chi connectivity index (χ0n) is 16.8. The summed E-state index contributed by atoms with van der Waals surface area (Å²) < 4.78 is 1.96. The topological polar surface area (TPSA) is 51.0 Å². The predicted molar refractivity (Wildman–Crippen MR) is 111 cm³/mol. The number of aromatic nitrogens is 3. The Hall–Kier alpha value is -2.69. The molecule has 0 saturated carbocycles. The van der Waals surface area contributed by atoms with Crippen molar-refractivity contribution >= 4 is 16.8 Å². The standard InChI is InChI=1S/C23H28N4O/c1-3-18-8-9-22-20(16-18)21(15-17(2)25-22)23(28)27-13-5-4-7-19(27)10-14-26-12-6-11-24-26/h6,8-9,11-12,15-16,19H,3-5,7,10,13-14H2,1-2H3/t19-/m1/s1. The maximum Gasteiger partial charge on any atom is 0.254 e. The molecular weight excluding hydrogens is 348 g/mol. The van der Waals surface area contributed by atoms with Crippen LogP contribution in [-0.2, 0) is 13.0 Å². The number of amides is 1. The minimum Gasteiger partial charge on any atom is -0.336 e. The maximum absolute atomic E-state index is 13.6. The van der Waals surface area contributed by atoms with Crippen molar-refractivity contribution in [1.29, 1.82) is 0 Å². The molecule has 5 heteroatoms. The molecule has 5 nitrogen and oxygen atoms in total. The van der Waals surface area contributed by atoms with Gasteiger partial charge in [0.05, 0.1) is 11.1 Å². The SMILES string of the molecule is CCc1ccc2nc(C)cc(C(=O)N3CCCC[C@@H]3CCn3cccn3)c2c1. The van der Waals surface area contributed by atoms with Gasteiger partial charge in [-0.25, -0.2) is 0 Å². The number of carbonyl (C=O) groups excluding carboxylic acids is 1. The summed E-state index contributed by atoms with van der Waals surface area (Å²) in [6.07, 6.45) is 9.01. The summed E-state index contributed by atoms with van der Waals surface area (Å²) in [4.78, 5) is 20.4. The second kappa shape index (κ2) is 8.13. The molecule has 4 rings (SSSR count). The van der Waals surface area contributed by atoms with Crippen LogP contribution in [0.4, 0.5) is 0 Å². The minimum absolute atomic E-state index is 0.147. The summed E-state index contributed by atoms with van der Waals surface area (Å²) in [5, 5.41) is 5.28. The number of likely N-dealkylation sites (tertiary alicyclic amines) is 1. The van der Waals surface area contributed by atoms with E-state index >= 15 is 0 Å². The van der Waals surface area contributed by atoms with Gasteiger partial charge in [-0.15, -0.1) is 0 Å². The number of aryl methyl sites for hydroxylation is 3. The smallest absolute Gasteiger partial charge is 0.254 e. The van der Waals surface area contributed by atoms with Gasteiger partial charge in [0.2, 0.25) is 0 Å². The summed E-state index contributed by atoms with van der Waals surface area (Å²) in [5.41, 5.74) is 3.83. The molecule has 1 aliphatic rings. The highest BCUT2D eigenvalue weighted by molar-refractivity contribution is 6.06. The van der Waals surface area contributed by atoms with Crippen LogP contribution in [0.2, 0.25) is 0 Å². The molecule has 0 unspecified atom stereocenters. The van der Waals surface area contributed by atoms with E-state index in [9.17, 15) is 4.79 Å². The molecule has 1 fully saturated rings. The first-order valence-electron chi connectivity index (χ1n) is 10.3. The highest BCUT2D eigenvalue weighted by atomic mass is 16.2. The van der Waals surface area contributed by atoms with Crippen molar-refractivity contribution in [3.05, 3.63) is 59.5 Å². The third-order valence-electron chi connectivity index (χ3n) is 5.78. The lowest BCUT2D eigenvalue weighted by molar-refractivity contribution is 0.0596. The fourth-order valence-electron chi connectivity index (χ4n) is 4.24. The molecule has 0 aliphatic carbocycles. The molecule has 3 aromatic rings. The number of piperidine rings is 1. The summed E-state index contributed by atoms with van der Waals surface area (Å²) >= 11 is 0. The number of pyridine rings is 1. The Labute approximate surface area is 166 Å². The molecule has 1 aliphatic heterocycles. The van der Waals surface area contributed by atoms with Crippen molar-refractivity contribution < 1.29 is 4.79 Å². The van der Waals surface area contributed by atoms with E-state index in [1.54, 1.807) is 6.20 Å². The van der Waals surface area contributed by atoms with Crippen molar-refractivity contribution in [1.82, 2.24) is 19.7 Å². The average molecular weight is 377 g/mol. The largest absolute Gasteiger partial charge is 0.336 e. The van der Waals surface area contributed by atoms with E-state index in [-0.39, 0.29) is 11.9 Å². The molecule has 146 valence electrons. The Balaban J connectivity index is 1.64. The molecule has 0 radical (unpaired) electrons. The molecule has 0 spiro atoms. The Morgan fingerprint density at radius 1 is 1.25 bits per heavy atom. The lowest BCUT2D eigenvalue weighted by atomic mass is 9.96. The monoisotopic (exact) mass is 376 g/mol. The van der Waals surface area contributed by atoms with Crippen LogP contribution < -0.4 is 0 Å². The van der Waals surface area contributed by atoms with E-state index < -0.39 is 0 Å². The van der Waals surface area contributed by atoms with Crippen LogP contribution in [0.5, 0.6) is 0 Å². The van der Waals surface area contributed by atoms with E-state index in [1.807, 2.05) is 36.0 Å². The Morgan fingerprint density at radius 3 is 2.93 bits per heavy atom. The molecule has 1 atom stereocenters. The van der Waals surface area contributed by atoms with Crippen LogP contribution in [0.25, 0.3) is 10.9 Å². The van der Waals surface area contributed by atoms with Gasteiger partial charge in [0.1, 0.15) is 0 Å². The molecule has 3 heterocycles. The van der Waals surface area contributed by atoms with Gasteiger partial charge >= 0.3 is 0 Å². The summed E-state index contributed by atoms with van der Waals surface area (Å²) in [5.74, 6) is 0.147. The van der Waals surface area contributed by atoms with Crippen LogP contribution in [-0.4, -0.2) is 38.2 Å². The molecule has 28 heavy (non-hydrogen) atoms. The average Bonchev–Trinajstić information content (AvgIpc) is 3.24. The van der Waals surface area contributed by atoms with Gasteiger partial charge in [-0.2, -0.15) is 5.10 Å². The van der Waals surface area contributed by atoms with Gasteiger partial charge in [-0.1, -0.05) is 13.0 Å².